The first-order valence-corrected chi connectivity index (χ1v) is 8.76. The molecule has 21 heavy (non-hydrogen) atoms. The van der Waals surface area contributed by atoms with Crippen molar-refractivity contribution in [2.24, 2.45) is 0 Å². The first-order valence-electron chi connectivity index (χ1n) is 8.76. The summed E-state index contributed by atoms with van der Waals surface area (Å²) in [5.41, 5.74) is 2.54. The zero-order valence-electron chi connectivity index (χ0n) is 13.4. The lowest BCUT2D eigenvalue weighted by Crippen LogP contribution is -2.39. The van der Waals surface area contributed by atoms with E-state index in [0.717, 1.165) is 25.2 Å². The van der Waals surface area contributed by atoms with Crippen molar-refractivity contribution >= 4 is 0 Å². The van der Waals surface area contributed by atoms with Gasteiger partial charge in [-0.15, -0.1) is 0 Å². The van der Waals surface area contributed by atoms with Crippen LogP contribution in [0, 0.1) is 0 Å². The Morgan fingerprint density at radius 3 is 2.86 bits per heavy atom. The Labute approximate surface area is 129 Å². The third-order valence-electron chi connectivity index (χ3n) is 4.79. The molecule has 0 spiro atoms. The molecule has 0 amide bonds. The summed E-state index contributed by atoms with van der Waals surface area (Å²) in [5.74, 6) is 0. The molecule has 1 saturated heterocycles. The van der Waals surface area contributed by atoms with Crippen LogP contribution in [0.3, 0.4) is 0 Å². The third kappa shape index (κ3) is 4.52. The monoisotopic (exact) mass is 287 g/mol. The minimum atomic E-state index is 0.771. The summed E-state index contributed by atoms with van der Waals surface area (Å²) in [4.78, 5) is 7.33. The van der Waals surface area contributed by atoms with E-state index >= 15 is 0 Å². The van der Waals surface area contributed by atoms with Crippen molar-refractivity contribution in [2.75, 3.05) is 6.54 Å². The number of nitrogens with one attached hydrogen (secondary N) is 1. The van der Waals surface area contributed by atoms with E-state index in [1.807, 2.05) is 0 Å². The number of piperidine rings is 1. The average molecular weight is 287 g/mol. The van der Waals surface area contributed by atoms with Crippen molar-refractivity contribution in [2.45, 2.75) is 77.0 Å². The van der Waals surface area contributed by atoms with Gasteiger partial charge in [-0.1, -0.05) is 25.8 Å². The molecule has 2 aliphatic rings. The molecule has 1 aliphatic heterocycles. The van der Waals surface area contributed by atoms with Crippen LogP contribution in [0.25, 0.3) is 0 Å². The van der Waals surface area contributed by atoms with Crippen molar-refractivity contribution in [1.82, 2.24) is 15.2 Å². The fourth-order valence-electron chi connectivity index (χ4n) is 3.34. The van der Waals surface area contributed by atoms with Crippen LogP contribution in [0.15, 0.2) is 18.3 Å². The van der Waals surface area contributed by atoms with Gasteiger partial charge in [0.05, 0.1) is 5.69 Å². The van der Waals surface area contributed by atoms with E-state index in [-0.39, 0.29) is 0 Å². The summed E-state index contributed by atoms with van der Waals surface area (Å²) < 4.78 is 0. The molecule has 116 valence electrons. The molecular formula is C18H29N3. The van der Waals surface area contributed by atoms with Crippen LogP contribution in [0.1, 0.15) is 63.1 Å². The highest BCUT2D eigenvalue weighted by molar-refractivity contribution is 5.14. The number of hydrogen-bond donors (Lipinski definition) is 1. The van der Waals surface area contributed by atoms with Crippen molar-refractivity contribution < 1.29 is 0 Å². The molecule has 0 radical (unpaired) electrons. The molecule has 1 unspecified atom stereocenters. The van der Waals surface area contributed by atoms with E-state index in [1.54, 1.807) is 0 Å². The predicted molar refractivity (Wildman–Crippen MR) is 87.1 cm³/mol. The number of nitrogens with zero attached hydrogens (tertiary/aromatic N) is 2. The molecule has 1 saturated carbocycles. The van der Waals surface area contributed by atoms with Crippen LogP contribution in [-0.4, -0.2) is 28.5 Å². The molecule has 2 fully saturated rings. The summed E-state index contributed by atoms with van der Waals surface area (Å²) in [6.45, 7) is 5.55. The summed E-state index contributed by atoms with van der Waals surface area (Å²) in [6, 6.07) is 6.02. The second-order valence-corrected chi connectivity index (χ2v) is 6.72. The quantitative estimate of drug-likeness (QED) is 0.832. The van der Waals surface area contributed by atoms with Gasteiger partial charge in [-0.05, 0) is 50.3 Å². The van der Waals surface area contributed by atoms with Gasteiger partial charge in [0.1, 0.15) is 0 Å². The van der Waals surface area contributed by atoms with Gasteiger partial charge in [-0.25, -0.2) is 0 Å². The van der Waals surface area contributed by atoms with Gasteiger partial charge >= 0.3 is 0 Å². The minimum absolute atomic E-state index is 0.771. The van der Waals surface area contributed by atoms with Crippen LogP contribution in [0.5, 0.6) is 0 Å². The molecule has 1 N–H and O–H groups in total. The molecule has 1 aromatic heterocycles. The number of pyridine rings is 1. The standard InChI is InChI=1S/C18H29N3/c1-2-5-18-6-3-4-11-21(18)14-17-8-7-15(13-20-17)12-19-16-9-10-16/h7-8,13,16,18-19H,2-6,9-12,14H2,1H3. The topological polar surface area (TPSA) is 28.2 Å². The van der Waals surface area contributed by atoms with Gasteiger partial charge < -0.3 is 5.32 Å². The zero-order valence-corrected chi connectivity index (χ0v) is 13.4. The fourth-order valence-corrected chi connectivity index (χ4v) is 3.34. The Morgan fingerprint density at radius 1 is 1.24 bits per heavy atom. The van der Waals surface area contributed by atoms with E-state index in [9.17, 15) is 0 Å². The molecule has 2 heterocycles. The van der Waals surface area contributed by atoms with Crippen molar-refractivity contribution in [3.8, 4) is 0 Å². The highest BCUT2D eigenvalue weighted by Crippen LogP contribution is 2.22. The second-order valence-electron chi connectivity index (χ2n) is 6.72. The Balaban J connectivity index is 1.52. The second kappa shape index (κ2) is 7.37. The molecule has 1 aromatic rings. The van der Waals surface area contributed by atoms with Gasteiger partial charge in [0.2, 0.25) is 0 Å². The normalized spacial score (nSPS) is 23.4. The Kier molecular flexibility index (Phi) is 5.26. The molecule has 0 bridgehead atoms. The van der Waals surface area contributed by atoms with E-state index in [2.05, 4.69) is 40.5 Å². The molecule has 0 aromatic carbocycles. The number of likely N-dealkylation sites (tertiary alicyclic amines) is 1. The largest absolute Gasteiger partial charge is 0.310 e. The van der Waals surface area contributed by atoms with Gasteiger partial charge in [-0.3, -0.25) is 9.88 Å². The molecule has 3 rings (SSSR count). The van der Waals surface area contributed by atoms with E-state index < -0.39 is 0 Å². The third-order valence-corrected chi connectivity index (χ3v) is 4.79. The molecule has 1 atom stereocenters. The number of rotatable bonds is 7. The van der Waals surface area contributed by atoms with Crippen LogP contribution >= 0.6 is 0 Å². The van der Waals surface area contributed by atoms with Gasteiger partial charge in [-0.2, -0.15) is 0 Å². The molecule has 3 nitrogen and oxygen atoms in total. The summed E-state index contributed by atoms with van der Waals surface area (Å²) in [7, 11) is 0. The van der Waals surface area contributed by atoms with Crippen LogP contribution < -0.4 is 5.32 Å². The SMILES string of the molecule is CCCC1CCCCN1Cc1ccc(CNC2CC2)cn1. The van der Waals surface area contributed by atoms with Gasteiger partial charge in [0, 0.05) is 31.4 Å². The maximum absolute atomic E-state index is 4.68. The average Bonchev–Trinajstić information content (AvgIpc) is 3.33. The van der Waals surface area contributed by atoms with Crippen LogP contribution in [0.2, 0.25) is 0 Å². The van der Waals surface area contributed by atoms with Crippen molar-refractivity contribution in [3.05, 3.63) is 29.6 Å². The van der Waals surface area contributed by atoms with Crippen LogP contribution in [-0.2, 0) is 13.1 Å². The lowest BCUT2D eigenvalue weighted by Gasteiger charge is -2.35. The van der Waals surface area contributed by atoms with Gasteiger partial charge in [0.15, 0.2) is 0 Å². The summed E-state index contributed by atoms with van der Waals surface area (Å²) in [5, 5.41) is 3.55. The van der Waals surface area contributed by atoms with Crippen molar-refractivity contribution in [1.29, 1.82) is 0 Å². The fraction of sp³-hybridized carbons (Fsp3) is 0.722. The highest BCUT2D eigenvalue weighted by atomic mass is 15.2. The van der Waals surface area contributed by atoms with Gasteiger partial charge in [0.25, 0.3) is 0 Å². The summed E-state index contributed by atoms with van der Waals surface area (Å²) >= 11 is 0. The minimum Gasteiger partial charge on any atom is -0.310 e. The van der Waals surface area contributed by atoms with Crippen molar-refractivity contribution in [3.63, 3.8) is 0 Å². The van der Waals surface area contributed by atoms with E-state index in [1.165, 1.54) is 62.7 Å². The Bertz CT molecular complexity index is 423. The maximum Gasteiger partial charge on any atom is 0.0544 e. The number of aromatic nitrogens is 1. The highest BCUT2D eigenvalue weighted by Gasteiger charge is 2.22. The summed E-state index contributed by atoms with van der Waals surface area (Å²) in [6.07, 6.45) is 11.5. The number of hydrogen-bond acceptors (Lipinski definition) is 3. The Morgan fingerprint density at radius 2 is 2.14 bits per heavy atom. The maximum atomic E-state index is 4.68. The molecule has 3 heteroatoms. The lowest BCUT2D eigenvalue weighted by atomic mass is 9.98. The smallest absolute Gasteiger partial charge is 0.0544 e. The van der Waals surface area contributed by atoms with E-state index in [4.69, 9.17) is 0 Å². The van der Waals surface area contributed by atoms with Crippen LogP contribution in [0.4, 0.5) is 0 Å². The Hall–Kier alpha value is -0.930. The molecular weight excluding hydrogens is 258 g/mol. The first kappa shape index (κ1) is 15.0. The first-order chi connectivity index (χ1) is 10.3. The predicted octanol–water partition coefficient (Wildman–Crippen LogP) is 3.49. The zero-order chi connectivity index (χ0) is 14.5. The molecule has 1 aliphatic carbocycles. The van der Waals surface area contributed by atoms with E-state index in [0.29, 0.717) is 0 Å². The lowest BCUT2D eigenvalue weighted by molar-refractivity contribution is 0.130.